The molecule has 3 aliphatic rings. The van der Waals surface area contributed by atoms with Crippen molar-refractivity contribution >= 4 is 35.3 Å². The number of ketones is 1. The second kappa shape index (κ2) is 19.6. The van der Waals surface area contributed by atoms with Crippen LogP contribution in [0.1, 0.15) is 136 Å². The third-order valence-electron chi connectivity index (χ3n) is 10.1. The highest BCUT2D eigenvalue weighted by molar-refractivity contribution is 6.38. The first kappa shape index (κ1) is 37.5. The first-order valence-electron chi connectivity index (χ1n) is 18.2. The van der Waals surface area contributed by atoms with Crippen molar-refractivity contribution < 1.29 is 28.8 Å². The van der Waals surface area contributed by atoms with Crippen molar-refractivity contribution in [3.8, 4) is 0 Å². The Kier molecular flexibility index (Phi) is 16.0. The number of fused-ring (bicyclic) bond motifs is 1. The number of Topliss-reactive ketones (excluding diaryl/α,β-unsaturated/α-hetero) is 1. The van der Waals surface area contributed by atoms with Crippen LogP contribution in [0, 0.1) is 11.8 Å². The van der Waals surface area contributed by atoms with Crippen molar-refractivity contribution in [2.75, 3.05) is 13.1 Å². The molecule has 3 rings (SSSR count). The van der Waals surface area contributed by atoms with Crippen LogP contribution in [-0.4, -0.2) is 77.5 Å². The maximum Gasteiger partial charge on any atom is 0.292 e. The molecule has 0 bridgehead atoms. The predicted octanol–water partition coefficient (Wildman–Crippen LogP) is 3.68. The molecule has 3 fully saturated rings. The molecule has 260 valence electrons. The molecule has 46 heavy (non-hydrogen) atoms. The molecule has 4 N–H and O–H groups in total. The minimum absolute atomic E-state index is 0.220. The molecule has 1 saturated carbocycles. The van der Waals surface area contributed by atoms with Gasteiger partial charge in [0.1, 0.15) is 18.1 Å². The Morgan fingerprint density at radius 2 is 1.46 bits per heavy atom. The molecule has 2 heterocycles. The van der Waals surface area contributed by atoms with Crippen molar-refractivity contribution in [2.45, 2.75) is 161 Å². The molecule has 1 aliphatic carbocycles. The second-order valence-corrected chi connectivity index (χ2v) is 13.8. The van der Waals surface area contributed by atoms with Gasteiger partial charge in [0.25, 0.3) is 5.91 Å². The summed E-state index contributed by atoms with van der Waals surface area (Å²) in [7, 11) is 0. The Morgan fingerprint density at radius 3 is 2.17 bits per heavy atom. The van der Waals surface area contributed by atoms with Gasteiger partial charge in [-0.15, -0.1) is 0 Å². The fourth-order valence-electron chi connectivity index (χ4n) is 6.99. The van der Waals surface area contributed by atoms with E-state index < -0.39 is 47.7 Å². The smallest absolute Gasteiger partial charge is 0.292 e. The molecule has 0 aromatic rings. The molecular weight excluding hydrogens is 586 g/mol. The van der Waals surface area contributed by atoms with Crippen LogP contribution in [0.25, 0.3) is 0 Å². The number of hydrogen-bond acceptors (Lipinski definition) is 6. The lowest BCUT2D eigenvalue weighted by Gasteiger charge is -2.36. The van der Waals surface area contributed by atoms with E-state index in [1.165, 1.54) is 4.90 Å². The SMILES string of the molecule is CCCCCC1NC(=O)C([C@@H](C)CC)NC(=O)C2CCCCN2C(=O)C(=O)C(CC2CCCCC2)NC(=O)CCCCCNC1=O. The highest BCUT2D eigenvalue weighted by Gasteiger charge is 2.40. The average molecular weight is 646 g/mol. The summed E-state index contributed by atoms with van der Waals surface area (Å²) >= 11 is 0. The fourth-order valence-corrected chi connectivity index (χ4v) is 6.99. The molecule has 5 amide bonds. The zero-order chi connectivity index (χ0) is 33.5. The van der Waals surface area contributed by atoms with Gasteiger partial charge in [0.05, 0.1) is 6.04 Å². The summed E-state index contributed by atoms with van der Waals surface area (Å²) < 4.78 is 0. The summed E-state index contributed by atoms with van der Waals surface area (Å²) in [6.45, 7) is 6.56. The molecule has 4 unspecified atom stereocenters. The Morgan fingerprint density at radius 1 is 0.739 bits per heavy atom. The monoisotopic (exact) mass is 645 g/mol. The standard InChI is InChI=1S/C35H59N5O6/c1-4-6-9-18-26-32(43)36-21-14-8-12-20-29(41)37-27(23-25-16-10-7-11-17-25)31(42)35(46)40-22-15-13-19-28(40)33(44)39-30(24(3)5-2)34(45)38-26/h24-28,30H,4-23H2,1-3H3,(H,36,43)(H,37,41)(H,38,45)(H,39,44)/t24-,26?,27?,28?,30?/m0/s1. The maximum absolute atomic E-state index is 13.8. The number of carbonyl (C=O) groups excluding carboxylic acids is 6. The van der Waals surface area contributed by atoms with E-state index in [1.807, 2.05) is 13.8 Å². The summed E-state index contributed by atoms with van der Waals surface area (Å²) in [5, 5.41) is 11.7. The van der Waals surface area contributed by atoms with Gasteiger partial charge in [-0.3, -0.25) is 28.8 Å². The molecule has 5 atom stereocenters. The second-order valence-electron chi connectivity index (χ2n) is 13.8. The summed E-state index contributed by atoms with van der Waals surface area (Å²) in [4.78, 5) is 82.7. The molecule has 0 spiro atoms. The van der Waals surface area contributed by atoms with Crippen molar-refractivity contribution in [2.24, 2.45) is 11.8 Å². The van der Waals surface area contributed by atoms with Gasteiger partial charge in [0.15, 0.2) is 0 Å². The maximum atomic E-state index is 13.8. The van der Waals surface area contributed by atoms with Crippen LogP contribution in [0.4, 0.5) is 0 Å². The topological polar surface area (TPSA) is 154 Å². The van der Waals surface area contributed by atoms with E-state index in [9.17, 15) is 28.8 Å². The number of hydrogen-bond donors (Lipinski definition) is 4. The molecule has 0 radical (unpaired) electrons. The Bertz CT molecular complexity index is 1040. The first-order chi connectivity index (χ1) is 22.2. The molecule has 2 aliphatic heterocycles. The summed E-state index contributed by atoms with van der Waals surface area (Å²) in [5.41, 5.74) is 0. The Labute approximate surface area is 275 Å². The van der Waals surface area contributed by atoms with Crippen LogP contribution in [0.5, 0.6) is 0 Å². The van der Waals surface area contributed by atoms with Crippen LogP contribution in [0.15, 0.2) is 0 Å². The number of nitrogens with zero attached hydrogens (tertiary/aromatic N) is 1. The van der Waals surface area contributed by atoms with Gasteiger partial charge >= 0.3 is 0 Å². The normalized spacial score (nSPS) is 27.9. The van der Waals surface area contributed by atoms with E-state index >= 15 is 0 Å². The number of rotatable bonds is 8. The largest absolute Gasteiger partial charge is 0.354 e. The van der Waals surface area contributed by atoms with Gasteiger partial charge in [-0.1, -0.05) is 85.0 Å². The number of carbonyl (C=O) groups is 6. The minimum Gasteiger partial charge on any atom is -0.354 e. The Balaban J connectivity index is 1.88. The van der Waals surface area contributed by atoms with Crippen LogP contribution in [0.3, 0.4) is 0 Å². The molecule has 0 aromatic heterocycles. The summed E-state index contributed by atoms with van der Waals surface area (Å²) in [6.07, 6.45) is 13.3. The third kappa shape index (κ3) is 11.4. The lowest BCUT2D eigenvalue weighted by atomic mass is 9.83. The van der Waals surface area contributed by atoms with E-state index in [4.69, 9.17) is 0 Å². The van der Waals surface area contributed by atoms with Gasteiger partial charge < -0.3 is 26.2 Å². The van der Waals surface area contributed by atoms with Crippen LogP contribution < -0.4 is 21.3 Å². The Hall–Kier alpha value is -2.98. The molecule has 11 heteroatoms. The van der Waals surface area contributed by atoms with E-state index in [-0.39, 0.29) is 36.6 Å². The highest BCUT2D eigenvalue weighted by atomic mass is 16.2. The first-order valence-corrected chi connectivity index (χ1v) is 18.2. The van der Waals surface area contributed by atoms with Gasteiger partial charge in [0.2, 0.25) is 29.4 Å². The minimum atomic E-state index is -0.929. The number of piperidine rings is 1. The van der Waals surface area contributed by atoms with Gasteiger partial charge in [-0.05, 0) is 56.8 Å². The molecule has 2 saturated heterocycles. The van der Waals surface area contributed by atoms with Crippen LogP contribution >= 0.6 is 0 Å². The highest BCUT2D eigenvalue weighted by Crippen LogP contribution is 2.28. The van der Waals surface area contributed by atoms with Crippen LogP contribution in [0.2, 0.25) is 0 Å². The average Bonchev–Trinajstić information content (AvgIpc) is 3.06. The number of amides is 5. The van der Waals surface area contributed by atoms with E-state index in [1.54, 1.807) is 0 Å². The zero-order valence-corrected chi connectivity index (χ0v) is 28.5. The zero-order valence-electron chi connectivity index (χ0n) is 28.5. The molecule has 0 aromatic carbocycles. The van der Waals surface area contributed by atoms with Gasteiger partial charge in [0, 0.05) is 19.5 Å². The number of unbranched alkanes of at least 4 members (excludes halogenated alkanes) is 2. The lowest BCUT2D eigenvalue weighted by Crippen LogP contribution is -2.61. The quantitative estimate of drug-likeness (QED) is 0.233. The van der Waals surface area contributed by atoms with E-state index in [0.29, 0.717) is 64.3 Å². The summed E-state index contributed by atoms with van der Waals surface area (Å²) in [5.74, 6) is -2.79. The van der Waals surface area contributed by atoms with E-state index in [2.05, 4.69) is 28.2 Å². The molecular formula is C35H59N5O6. The van der Waals surface area contributed by atoms with Crippen LogP contribution in [-0.2, 0) is 28.8 Å². The summed E-state index contributed by atoms with van der Waals surface area (Å²) in [6, 6.07) is -3.46. The van der Waals surface area contributed by atoms with E-state index in [0.717, 1.165) is 51.4 Å². The lowest BCUT2D eigenvalue weighted by molar-refractivity contribution is -0.152. The van der Waals surface area contributed by atoms with Gasteiger partial charge in [-0.25, -0.2) is 0 Å². The van der Waals surface area contributed by atoms with Crippen molar-refractivity contribution in [3.63, 3.8) is 0 Å². The third-order valence-corrected chi connectivity index (χ3v) is 10.1. The number of nitrogens with one attached hydrogen (secondary N) is 4. The van der Waals surface area contributed by atoms with Crippen molar-refractivity contribution in [1.82, 2.24) is 26.2 Å². The van der Waals surface area contributed by atoms with Gasteiger partial charge in [-0.2, -0.15) is 0 Å². The predicted molar refractivity (Wildman–Crippen MR) is 176 cm³/mol. The molecule has 11 nitrogen and oxygen atoms in total. The van der Waals surface area contributed by atoms with Crippen molar-refractivity contribution in [3.05, 3.63) is 0 Å². The fraction of sp³-hybridized carbons (Fsp3) is 0.829. The van der Waals surface area contributed by atoms with Crippen molar-refractivity contribution in [1.29, 1.82) is 0 Å².